The highest BCUT2D eigenvalue weighted by atomic mass is 19.4. The monoisotopic (exact) mass is 297 g/mol. The molecule has 1 aliphatic carbocycles. The van der Waals surface area contributed by atoms with Crippen LogP contribution < -0.4 is 5.32 Å². The van der Waals surface area contributed by atoms with Gasteiger partial charge in [-0.3, -0.25) is 4.99 Å². The second-order valence-electron chi connectivity index (χ2n) is 5.84. The molecule has 0 amide bonds. The van der Waals surface area contributed by atoms with E-state index in [0.29, 0.717) is 0 Å². The second-order valence-corrected chi connectivity index (χ2v) is 5.84. The number of nitrogens with zero attached hydrogens (tertiary/aromatic N) is 2. The van der Waals surface area contributed by atoms with Crippen molar-refractivity contribution in [2.75, 3.05) is 26.7 Å². The number of nitrogens with one attached hydrogen (secondary N) is 1. The number of likely N-dealkylation sites (N-methyl/N-ethyl adjacent to an activating group) is 1. The van der Waals surface area contributed by atoms with Crippen LogP contribution in [0.25, 0.3) is 0 Å². The highest BCUT2D eigenvalue weighted by molar-refractivity contribution is 5.81. The number of alkyl halides is 3. The quantitative estimate of drug-likeness (QED) is 0.929. The van der Waals surface area contributed by atoms with Crippen molar-refractivity contribution in [3.05, 3.63) is 35.4 Å². The standard InChI is InChI=1S/C15H18F3N3/c1-21-9-8-19-13(21)20-10-14(6-7-14)11-2-4-12(5-3-11)15(16,17)18/h2-5H,6-10H2,1H3,(H,19,20). The molecule has 21 heavy (non-hydrogen) atoms. The molecule has 1 heterocycles. The normalized spacial score (nSPS) is 20.4. The van der Waals surface area contributed by atoms with Crippen molar-refractivity contribution < 1.29 is 13.2 Å². The molecule has 0 saturated heterocycles. The van der Waals surface area contributed by atoms with Gasteiger partial charge in [-0.2, -0.15) is 13.2 Å². The highest BCUT2D eigenvalue weighted by Crippen LogP contribution is 2.48. The molecule has 1 fully saturated rings. The number of hydrogen-bond acceptors (Lipinski definition) is 3. The molecule has 1 saturated carbocycles. The Hall–Kier alpha value is -1.72. The fourth-order valence-electron chi connectivity index (χ4n) is 2.70. The van der Waals surface area contributed by atoms with E-state index in [1.807, 2.05) is 7.05 Å². The van der Waals surface area contributed by atoms with Crippen molar-refractivity contribution >= 4 is 5.96 Å². The van der Waals surface area contributed by atoms with Gasteiger partial charge < -0.3 is 10.2 Å². The molecule has 0 bridgehead atoms. The van der Waals surface area contributed by atoms with Gasteiger partial charge in [0, 0.05) is 25.6 Å². The first-order chi connectivity index (χ1) is 9.91. The van der Waals surface area contributed by atoms with Gasteiger partial charge in [0.1, 0.15) is 0 Å². The summed E-state index contributed by atoms with van der Waals surface area (Å²) in [5, 5.41) is 3.33. The molecule has 0 atom stereocenters. The predicted octanol–water partition coefficient (Wildman–Crippen LogP) is 2.63. The molecule has 3 nitrogen and oxygen atoms in total. The fourth-order valence-corrected chi connectivity index (χ4v) is 2.70. The zero-order chi connectivity index (χ0) is 15.1. The molecule has 1 aromatic carbocycles. The predicted molar refractivity (Wildman–Crippen MR) is 75.3 cm³/mol. The average molecular weight is 297 g/mol. The number of halogens is 3. The van der Waals surface area contributed by atoms with Crippen molar-refractivity contribution in [3.8, 4) is 0 Å². The van der Waals surface area contributed by atoms with Crippen LogP contribution in [0.3, 0.4) is 0 Å². The lowest BCUT2D eigenvalue weighted by Gasteiger charge is -2.21. The number of benzene rings is 1. The summed E-state index contributed by atoms with van der Waals surface area (Å²) in [4.78, 5) is 6.43. The van der Waals surface area contributed by atoms with E-state index in [4.69, 9.17) is 0 Å². The van der Waals surface area contributed by atoms with E-state index in [9.17, 15) is 13.2 Å². The van der Waals surface area contributed by atoms with E-state index in [-0.39, 0.29) is 5.41 Å². The van der Waals surface area contributed by atoms with Crippen LogP contribution >= 0.6 is 0 Å². The Morgan fingerprint density at radius 1 is 1.24 bits per heavy atom. The summed E-state index contributed by atoms with van der Waals surface area (Å²) >= 11 is 0. The SMILES string of the molecule is CN1CCN=C1NCC1(c2ccc(C(F)(F)F)cc2)CC1. The lowest BCUT2D eigenvalue weighted by molar-refractivity contribution is -0.137. The molecule has 1 aromatic rings. The maximum Gasteiger partial charge on any atom is 0.416 e. The Kier molecular flexibility index (Phi) is 3.34. The first-order valence-electron chi connectivity index (χ1n) is 7.08. The number of aliphatic imine (C=N–C) groups is 1. The van der Waals surface area contributed by atoms with E-state index in [1.54, 1.807) is 12.1 Å². The Balaban J connectivity index is 1.68. The maximum absolute atomic E-state index is 12.6. The van der Waals surface area contributed by atoms with E-state index < -0.39 is 11.7 Å². The van der Waals surface area contributed by atoms with Crippen molar-refractivity contribution in [1.82, 2.24) is 10.2 Å². The van der Waals surface area contributed by atoms with E-state index in [1.165, 1.54) is 12.1 Å². The fraction of sp³-hybridized carbons (Fsp3) is 0.533. The lowest BCUT2D eigenvalue weighted by Crippen LogP contribution is -2.39. The zero-order valence-electron chi connectivity index (χ0n) is 11.9. The topological polar surface area (TPSA) is 27.6 Å². The largest absolute Gasteiger partial charge is 0.416 e. The Labute approximate surface area is 121 Å². The molecule has 0 radical (unpaired) electrons. The minimum absolute atomic E-state index is 0.0317. The van der Waals surface area contributed by atoms with Gasteiger partial charge in [-0.25, -0.2) is 0 Å². The molecular weight excluding hydrogens is 279 g/mol. The van der Waals surface area contributed by atoms with Crippen LogP contribution in [-0.4, -0.2) is 37.5 Å². The van der Waals surface area contributed by atoms with Crippen LogP contribution in [0.4, 0.5) is 13.2 Å². The summed E-state index contributed by atoms with van der Waals surface area (Å²) < 4.78 is 37.8. The molecule has 0 unspecified atom stereocenters. The molecule has 0 aromatic heterocycles. The lowest BCUT2D eigenvalue weighted by atomic mass is 9.95. The average Bonchev–Trinajstić information content (AvgIpc) is 3.13. The van der Waals surface area contributed by atoms with E-state index >= 15 is 0 Å². The number of hydrogen-bond donors (Lipinski definition) is 1. The summed E-state index contributed by atoms with van der Waals surface area (Å²) in [7, 11) is 1.98. The molecule has 6 heteroatoms. The first kappa shape index (κ1) is 14.2. The van der Waals surface area contributed by atoms with Gasteiger partial charge in [-0.05, 0) is 30.5 Å². The summed E-state index contributed by atoms with van der Waals surface area (Å²) in [5.74, 6) is 0.883. The molecule has 1 aliphatic heterocycles. The van der Waals surface area contributed by atoms with Crippen LogP contribution in [0.1, 0.15) is 24.0 Å². The molecule has 3 rings (SSSR count). The minimum Gasteiger partial charge on any atom is -0.355 e. The minimum atomic E-state index is -4.27. The third-order valence-corrected chi connectivity index (χ3v) is 4.32. The van der Waals surface area contributed by atoms with Gasteiger partial charge in [0.05, 0.1) is 12.1 Å². The first-order valence-corrected chi connectivity index (χ1v) is 7.08. The maximum atomic E-state index is 12.6. The van der Waals surface area contributed by atoms with Crippen molar-refractivity contribution in [1.29, 1.82) is 0 Å². The highest BCUT2D eigenvalue weighted by Gasteiger charge is 2.44. The van der Waals surface area contributed by atoms with Crippen LogP contribution in [0.5, 0.6) is 0 Å². The van der Waals surface area contributed by atoms with Crippen molar-refractivity contribution in [2.24, 2.45) is 4.99 Å². The molecule has 114 valence electrons. The van der Waals surface area contributed by atoms with E-state index in [0.717, 1.165) is 44.0 Å². The van der Waals surface area contributed by atoms with Crippen molar-refractivity contribution in [2.45, 2.75) is 24.4 Å². The van der Waals surface area contributed by atoms with Crippen LogP contribution in [0.15, 0.2) is 29.3 Å². The van der Waals surface area contributed by atoms with Gasteiger partial charge >= 0.3 is 6.18 Å². The third kappa shape index (κ3) is 2.84. The van der Waals surface area contributed by atoms with E-state index in [2.05, 4.69) is 15.2 Å². The smallest absolute Gasteiger partial charge is 0.355 e. The molecule has 1 N–H and O–H groups in total. The van der Waals surface area contributed by atoms with Gasteiger partial charge in [0.25, 0.3) is 0 Å². The molecule has 2 aliphatic rings. The molecule has 0 spiro atoms. The van der Waals surface area contributed by atoms with Crippen LogP contribution in [-0.2, 0) is 11.6 Å². The van der Waals surface area contributed by atoms with Crippen molar-refractivity contribution in [3.63, 3.8) is 0 Å². The Morgan fingerprint density at radius 3 is 2.38 bits per heavy atom. The number of guanidine groups is 1. The van der Waals surface area contributed by atoms with Gasteiger partial charge in [-0.15, -0.1) is 0 Å². The summed E-state index contributed by atoms with van der Waals surface area (Å²) in [6.07, 6.45) is -2.26. The van der Waals surface area contributed by atoms with Crippen LogP contribution in [0, 0.1) is 0 Å². The summed E-state index contributed by atoms with van der Waals surface area (Å²) in [5.41, 5.74) is 0.356. The van der Waals surface area contributed by atoms with Crippen LogP contribution in [0.2, 0.25) is 0 Å². The summed E-state index contributed by atoms with van der Waals surface area (Å²) in [6, 6.07) is 5.57. The van der Waals surface area contributed by atoms with Gasteiger partial charge in [-0.1, -0.05) is 12.1 Å². The van der Waals surface area contributed by atoms with Gasteiger partial charge in [0.2, 0.25) is 0 Å². The summed E-state index contributed by atoms with van der Waals surface area (Å²) in [6.45, 7) is 2.43. The third-order valence-electron chi connectivity index (χ3n) is 4.32. The Morgan fingerprint density at radius 2 is 1.90 bits per heavy atom. The second kappa shape index (κ2) is 4.93. The Bertz CT molecular complexity index is 544. The number of rotatable bonds is 3. The zero-order valence-corrected chi connectivity index (χ0v) is 11.9. The molecular formula is C15H18F3N3. The van der Waals surface area contributed by atoms with Gasteiger partial charge in [0.15, 0.2) is 5.96 Å².